The van der Waals surface area contributed by atoms with E-state index in [4.69, 9.17) is 0 Å². The fourth-order valence-electron chi connectivity index (χ4n) is 2.51. The molecule has 0 radical (unpaired) electrons. The molecule has 0 unspecified atom stereocenters. The molecule has 2 fully saturated rings. The summed E-state index contributed by atoms with van der Waals surface area (Å²) >= 11 is 5.11. The zero-order valence-electron chi connectivity index (χ0n) is 11.5. The summed E-state index contributed by atoms with van der Waals surface area (Å²) in [6, 6.07) is 6.53. The van der Waals surface area contributed by atoms with Crippen molar-refractivity contribution in [1.82, 2.24) is 14.8 Å². The minimum atomic E-state index is 0.0443. The predicted octanol–water partition coefficient (Wildman–Crippen LogP) is 3.90. The number of hydrogen-bond donors (Lipinski definition) is 1. The molecule has 1 aromatic heterocycles. The summed E-state index contributed by atoms with van der Waals surface area (Å²) in [6.45, 7) is 0.0443. The highest BCUT2D eigenvalue weighted by molar-refractivity contribution is 9.10. The molecule has 4 rings (SSSR count). The van der Waals surface area contributed by atoms with Crippen molar-refractivity contribution in [2.75, 3.05) is 0 Å². The van der Waals surface area contributed by atoms with E-state index in [0.29, 0.717) is 12.0 Å². The fourth-order valence-corrected chi connectivity index (χ4v) is 4.09. The van der Waals surface area contributed by atoms with Gasteiger partial charge in [-0.25, -0.2) is 0 Å². The van der Waals surface area contributed by atoms with Gasteiger partial charge in [0, 0.05) is 21.3 Å². The Morgan fingerprint density at radius 2 is 2.05 bits per heavy atom. The lowest BCUT2D eigenvalue weighted by Gasteiger charge is -2.10. The van der Waals surface area contributed by atoms with Gasteiger partial charge in [0.25, 0.3) is 0 Å². The third-order valence-electron chi connectivity index (χ3n) is 3.95. The molecule has 6 heteroatoms. The first-order valence-electron chi connectivity index (χ1n) is 7.28. The van der Waals surface area contributed by atoms with Gasteiger partial charge < -0.3 is 9.67 Å². The largest absolute Gasteiger partial charge is 0.392 e. The zero-order chi connectivity index (χ0) is 14.4. The van der Waals surface area contributed by atoms with Gasteiger partial charge in [-0.05, 0) is 55.1 Å². The van der Waals surface area contributed by atoms with Crippen LogP contribution in [-0.4, -0.2) is 19.9 Å². The Kier molecular flexibility index (Phi) is 3.55. The number of nitrogens with zero attached hydrogens (tertiary/aromatic N) is 3. The smallest absolute Gasteiger partial charge is 0.196 e. The number of benzene rings is 1. The quantitative estimate of drug-likeness (QED) is 0.872. The highest BCUT2D eigenvalue weighted by Crippen LogP contribution is 2.47. The molecule has 21 heavy (non-hydrogen) atoms. The first-order chi connectivity index (χ1) is 10.3. The second-order valence-corrected chi connectivity index (χ2v) is 7.65. The van der Waals surface area contributed by atoms with E-state index in [1.165, 1.54) is 31.5 Å². The van der Waals surface area contributed by atoms with Crippen molar-refractivity contribution in [3.8, 4) is 0 Å². The summed E-state index contributed by atoms with van der Waals surface area (Å²) in [7, 11) is 0. The number of aromatic nitrogens is 3. The fraction of sp³-hybridized carbons (Fsp3) is 0.467. The van der Waals surface area contributed by atoms with E-state index in [1.54, 1.807) is 11.8 Å². The Bertz CT molecular complexity index is 680. The minimum Gasteiger partial charge on any atom is -0.392 e. The maximum Gasteiger partial charge on any atom is 0.196 e. The summed E-state index contributed by atoms with van der Waals surface area (Å²) in [4.78, 5) is 1.04. The second kappa shape index (κ2) is 5.41. The molecule has 0 atom stereocenters. The van der Waals surface area contributed by atoms with Gasteiger partial charge in [0.05, 0.1) is 6.61 Å². The van der Waals surface area contributed by atoms with E-state index < -0.39 is 0 Å². The number of aliphatic hydroxyl groups is 1. The molecule has 0 saturated heterocycles. The highest BCUT2D eigenvalue weighted by atomic mass is 79.9. The monoisotopic (exact) mass is 365 g/mol. The highest BCUT2D eigenvalue weighted by Gasteiger charge is 2.36. The van der Waals surface area contributed by atoms with E-state index in [9.17, 15) is 5.11 Å². The number of hydrogen-bond acceptors (Lipinski definition) is 4. The standard InChI is InChI=1S/C15H16BrN3OS/c16-11-4-3-10(8-20)13(7-11)21-15-18-17-14(9-1-2-9)19(15)12-5-6-12/h3-4,7,9,12,20H,1-2,5-6,8H2. The van der Waals surface area contributed by atoms with E-state index in [-0.39, 0.29) is 6.61 Å². The molecule has 0 bridgehead atoms. The molecule has 1 aromatic carbocycles. The topological polar surface area (TPSA) is 50.9 Å². The molecule has 4 nitrogen and oxygen atoms in total. The molecule has 2 aromatic rings. The number of rotatable bonds is 5. The summed E-state index contributed by atoms with van der Waals surface area (Å²) in [5.41, 5.74) is 0.932. The minimum absolute atomic E-state index is 0.0443. The van der Waals surface area contributed by atoms with Crippen molar-refractivity contribution in [2.45, 2.75) is 54.3 Å². The Balaban J connectivity index is 1.69. The number of halogens is 1. The van der Waals surface area contributed by atoms with Crippen LogP contribution in [0.4, 0.5) is 0 Å². The summed E-state index contributed by atoms with van der Waals surface area (Å²) in [5, 5.41) is 19.3. The van der Waals surface area contributed by atoms with Crippen LogP contribution in [0.15, 0.2) is 32.7 Å². The number of aliphatic hydroxyl groups excluding tert-OH is 1. The first kappa shape index (κ1) is 13.8. The van der Waals surface area contributed by atoms with Crippen LogP contribution < -0.4 is 0 Å². The first-order valence-corrected chi connectivity index (χ1v) is 8.89. The molecule has 0 amide bonds. The van der Waals surface area contributed by atoms with Crippen LogP contribution in [0.1, 0.15) is 49.0 Å². The van der Waals surface area contributed by atoms with Crippen molar-refractivity contribution in [1.29, 1.82) is 0 Å². The maximum atomic E-state index is 9.51. The molecular weight excluding hydrogens is 350 g/mol. The lowest BCUT2D eigenvalue weighted by atomic mass is 10.2. The molecule has 110 valence electrons. The van der Waals surface area contributed by atoms with Crippen molar-refractivity contribution in [3.63, 3.8) is 0 Å². The van der Waals surface area contributed by atoms with Gasteiger partial charge in [-0.15, -0.1) is 10.2 Å². The van der Waals surface area contributed by atoms with E-state index >= 15 is 0 Å². The Morgan fingerprint density at radius 3 is 2.71 bits per heavy atom. The van der Waals surface area contributed by atoms with Crippen LogP contribution in [-0.2, 0) is 6.61 Å². The molecular formula is C15H16BrN3OS. The molecule has 0 spiro atoms. The van der Waals surface area contributed by atoms with Crippen molar-refractivity contribution in [2.24, 2.45) is 0 Å². The van der Waals surface area contributed by atoms with Crippen LogP contribution in [0.25, 0.3) is 0 Å². The molecule has 0 aliphatic heterocycles. The van der Waals surface area contributed by atoms with Crippen LogP contribution in [0.3, 0.4) is 0 Å². The summed E-state index contributed by atoms with van der Waals surface area (Å²) in [5.74, 6) is 1.79. The third-order valence-corrected chi connectivity index (χ3v) is 5.50. The van der Waals surface area contributed by atoms with E-state index in [1.807, 2.05) is 18.2 Å². The lowest BCUT2D eigenvalue weighted by molar-refractivity contribution is 0.279. The van der Waals surface area contributed by atoms with Crippen LogP contribution in [0.2, 0.25) is 0 Å². The van der Waals surface area contributed by atoms with Gasteiger partial charge in [-0.1, -0.05) is 22.0 Å². The van der Waals surface area contributed by atoms with Gasteiger partial charge in [-0.3, -0.25) is 0 Å². The van der Waals surface area contributed by atoms with E-state index in [2.05, 4.69) is 30.7 Å². The Labute approximate surface area is 136 Å². The normalized spacial score (nSPS) is 18.2. The Hall–Kier alpha value is -0.850. The van der Waals surface area contributed by atoms with Crippen molar-refractivity contribution >= 4 is 27.7 Å². The van der Waals surface area contributed by atoms with Gasteiger partial charge in [0.15, 0.2) is 5.16 Å². The predicted molar refractivity (Wildman–Crippen MR) is 84.5 cm³/mol. The van der Waals surface area contributed by atoms with Crippen LogP contribution in [0, 0.1) is 0 Å². The molecule has 1 N–H and O–H groups in total. The lowest BCUT2D eigenvalue weighted by Crippen LogP contribution is -2.02. The second-order valence-electron chi connectivity index (χ2n) is 5.73. The molecule has 2 aliphatic carbocycles. The maximum absolute atomic E-state index is 9.51. The average Bonchev–Trinajstić information content (AvgIpc) is 3.39. The summed E-state index contributed by atoms with van der Waals surface area (Å²) in [6.07, 6.45) is 4.95. The van der Waals surface area contributed by atoms with Crippen LogP contribution >= 0.6 is 27.7 Å². The Morgan fingerprint density at radius 1 is 1.24 bits per heavy atom. The van der Waals surface area contributed by atoms with Gasteiger partial charge in [0.2, 0.25) is 0 Å². The van der Waals surface area contributed by atoms with Crippen molar-refractivity contribution in [3.05, 3.63) is 34.1 Å². The van der Waals surface area contributed by atoms with Gasteiger partial charge >= 0.3 is 0 Å². The van der Waals surface area contributed by atoms with Crippen LogP contribution in [0.5, 0.6) is 0 Å². The van der Waals surface area contributed by atoms with E-state index in [0.717, 1.165) is 20.1 Å². The third kappa shape index (κ3) is 2.76. The zero-order valence-corrected chi connectivity index (χ0v) is 13.9. The molecule has 2 aliphatic rings. The molecule has 1 heterocycles. The average molecular weight is 366 g/mol. The van der Waals surface area contributed by atoms with Crippen molar-refractivity contribution < 1.29 is 5.11 Å². The summed E-state index contributed by atoms with van der Waals surface area (Å²) < 4.78 is 3.35. The van der Waals surface area contributed by atoms with Gasteiger partial charge in [0.1, 0.15) is 5.82 Å². The van der Waals surface area contributed by atoms with Gasteiger partial charge in [-0.2, -0.15) is 0 Å². The molecule has 2 saturated carbocycles. The SMILES string of the molecule is OCc1ccc(Br)cc1Sc1nnc(C2CC2)n1C1CC1.